The van der Waals surface area contributed by atoms with Gasteiger partial charge in [-0.1, -0.05) is 23.2 Å². The minimum atomic E-state index is -0.493. The van der Waals surface area contributed by atoms with Crippen LogP contribution in [-0.4, -0.2) is 49.3 Å². The molecule has 0 unspecified atom stereocenters. The summed E-state index contributed by atoms with van der Waals surface area (Å²) in [7, 11) is 1.34. The Morgan fingerprint density at radius 2 is 1.87 bits per heavy atom. The molecule has 0 N–H and O–H groups in total. The van der Waals surface area contributed by atoms with Crippen LogP contribution >= 0.6 is 39.1 Å². The largest absolute Gasteiger partial charge is 0.465 e. The van der Waals surface area contributed by atoms with Crippen LogP contribution in [0.1, 0.15) is 28.8 Å². The van der Waals surface area contributed by atoms with Crippen molar-refractivity contribution in [1.29, 1.82) is 0 Å². The van der Waals surface area contributed by atoms with E-state index in [2.05, 4.69) is 20.8 Å². The van der Waals surface area contributed by atoms with Crippen molar-refractivity contribution in [3.05, 3.63) is 62.0 Å². The zero-order valence-corrected chi connectivity index (χ0v) is 20.0. The highest BCUT2D eigenvalue weighted by Gasteiger charge is 2.47. The topological polar surface area (TPSA) is 59.1 Å². The number of likely N-dealkylation sites (tertiary alicyclic amines) is 1. The third-order valence-corrected chi connectivity index (χ3v) is 7.44. The van der Waals surface area contributed by atoms with Gasteiger partial charge in [-0.05, 0) is 57.9 Å². The molecule has 2 aliphatic rings. The van der Waals surface area contributed by atoms with Gasteiger partial charge in [-0.15, -0.1) is 0 Å². The highest BCUT2D eigenvalue weighted by Crippen LogP contribution is 2.37. The summed E-state index contributed by atoms with van der Waals surface area (Å²) in [4.78, 5) is 28.1. The maximum Gasteiger partial charge on any atom is 0.415 e. The Kier molecular flexibility index (Phi) is 6.49. The normalized spacial score (nSPS) is 18.3. The molecule has 2 aromatic rings. The van der Waals surface area contributed by atoms with E-state index >= 15 is 0 Å². The fourth-order valence-corrected chi connectivity index (χ4v) is 5.03. The van der Waals surface area contributed by atoms with Crippen LogP contribution < -0.4 is 4.90 Å². The predicted molar refractivity (Wildman–Crippen MR) is 123 cm³/mol. The van der Waals surface area contributed by atoms with Crippen LogP contribution in [0.4, 0.5) is 10.5 Å². The number of methoxy groups -OCH3 is 1. The highest BCUT2D eigenvalue weighted by molar-refractivity contribution is 9.10. The van der Waals surface area contributed by atoms with Crippen molar-refractivity contribution in [2.75, 3.05) is 31.6 Å². The maximum absolute atomic E-state index is 12.6. The molecule has 2 aromatic carbocycles. The fraction of sp³-hybridized carbons (Fsp3) is 0.364. The van der Waals surface area contributed by atoms with Crippen molar-refractivity contribution in [2.24, 2.45) is 0 Å². The molecule has 2 fully saturated rings. The van der Waals surface area contributed by atoms with E-state index < -0.39 is 11.6 Å². The molecule has 2 saturated heterocycles. The number of rotatable bonds is 4. The van der Waals surface area contributed by atoms with Gasteiger partial charge in [-0.2, -0.15) is 0 Å². The Bertz CT molecular complexity index is 984. The van der Waals surface area contributed by atoms with Crippen molar-refractivity contribution in [3.63, 3.8) is 0 Å². The SMILES string of the molecule is COC(=O)c1ccc(N2CC3(CCN(Cc4cc(Cl)c(Cl)c(Br)c4)CC3)OC2=O)cc1. The Morgan fingerprint density at radius 3 is 2.48 bits per heavy atom. The van der Waals surface area contributed by atoms with Gasteiger partial charge in [0.25, 0.3) is 0 Å². The van der Waals surface area contributed by atoms with Crippen molar-refractivity contribution >= 4 is 56.9 Å². The fourth-order valence-electron chi connectivity index (χ4n) is 4.05. The van der Waals surface area contributed by atoms with E-state index in [9.17, 15) is 9.59 Å². The molecule has 31 heavy (non-hydrogen) atoms. The summed E-state index contributed by atoms with van der Waals surface area (Å²) in [6, 6.07) is 10.6. The number of hydrogen-bond donors (Lipinski definition) is 0. The molecule has 9 heteroatoms. The zero-order chi connectivity index (χ0) is 22.2. The molecule has 6 nitrogen and oxygen atoms in total. The molecule has 0 bridgehead atoms. The minimum absolute atomic E-state index is 0.354. The van der Waals surface area contributed by atoms with E-state index in [4.69, 9.17) is 32.7 Å². The van der Waals surface area contributed by atoms with Crippen LogP contribution in [0.3, 0.4) is 0 Å². The van der Waals surface area contributed by atoms with Gasteiger partial charge in [-0.25, -0.2) is 9.59 Å². The number of nitrogens with zero attached hydrogens (tertiary/aromatic N) is 2. The second-order valence-electron chi connectivity index (χ2n) is 7.83. The summed E-state index contributed by atoms with van der Waals surface area (Å²) >= 11 is 15.7. The quantitative estimate of drug-likeness (QED) is 0.386. The van der Waals surface area contributed by atoms with E-state index in [-0.39, 0.29) is 6.09 Å². The van der Waals surface area contributed by atoms with Crippen LogP contribution in [0.2, 0.25) is 10.0 Å². The number of amides is 1. The number of benzene rings is 2. The molecule has 0 aliphatic carbocycles. The molecular weight excluding hydrogens is 507 g/mol. The van der Waals surface area contributed by atoms with Gasteiger partial charge in [0.15, 0.2) is 0 Å². The lowest BCUT2D eigenvalue weighted by Crippen LogP contribution is -2.46. The molecule has 2 heterocycles. The second kappa shape index (κ2) is 8.98. The van der Waals surface area contributed by atoms with E-state index in [1.807, 2.05) is 12.1 Å². The first-order chi connectivity index (χ1) is 14.8. The Morgan fingerprint density at radius 1 is 1.19 bits per heavy atom. The number of hydrogen-bond acceptors (Lipinski definition) is 5. The summed E-state index contributed by atoms with van der Waals surface area (Å²) in [6.45, 7) is 2.86. The van der Waals surface area contributed by atoms with E-state index in [0.29, 0.717) is 27.8 Å². The predicted octanol–water partition coefficient (Wildman–Crippen LogP) is 5.53. The molecule has 0 atom stereocenters. The van der Waals surface area contributed by atoms with Gasteiger partial charge >= 0.3 is 12.1 Å². The molecule has 0 saturated carbocycles. The van der Waals surface area contributed by atoms with Gasteiger partial charge in [0.2, 0.25) is 0 Å². The van der Waals surface area contributed by atoms with Crippen molar-refractivity contribution in [3.8, 4) is 0 Å². The van der Waals surface area contributed by atoms with Crippen LogP contribution in [0, 0.1) is 0 Å². The summed E-state index contributed by atoms with van der Waals surface area (Å²) in [6.07, 6.45) is 1.14. The van der Waals surface area contributed by atoms with E-state index in [1.54, 1.807) is 29.2 Å². The average molecular weight is 528 g/mol. The molecule has 1 spiro atoms. The third-order valence-electron chi connectivity index (χ3n) is 5.79. The van der Waals surface area contributed by atoms with Crippen molar-refractivity contribution < 1.29 is 19.1 Å². The van der Waals surface area contributed by atoms with Crippen molar-refractivity contribution in [2.45, 2.75) is 25.0 Å². The lowest BCUT2D eigenvalue weighted by Gasteiger charge is -2.37. The molecule has 164 valence electrons. The van der Waals surface area contributed by atoms with Crippen LogP contribution in [-0.2, 0) is 16.0 Å². The van der Waals surface area contributed by atoms with E-state index in [1.165, 1.54) is 7.11 Å². The summed E-state index contributed by atoms with van der Waals surface area (Å²) in [5, 5.41) is 1.04. The summed E-state index contributed by atoms with van der Waals surface area (Å²) in [5.41, 5.74) is 1.73. The van der Waals surface area contributed by atoms with Crippen molar-refractivity contribution in [1.82, 2.24) is 4.90 Å². The number of carbonyl (C=O) groups is 2. The Hall–Kier alpha value is -1.80. The van der Waals surface area contributed by atoms with Gasteiger partial charge < -0.3 is 9.47 Å². The molecule has 2 aliphatic heterocycles. The number of esters is 1. The summed E-state index contributed by atoms with van der Waals surface area (Å²) < 4.78 is 11.3. The third kappa shape index (κ3) is 4.70. The monoisotopic (exact) mass is 526 g/mol. The smallest absolute Gasteiger partial charge is 0.415 e. The van der Waals surface area contributed by atoms with Crippen LogP contribution in [0.25, 0.3) is 0 Å². The first-order valence-corrected chi connectivity index (χ1v) is 11.4. The van der Waals surface area contributed by atoms with Gasteiger partial charge in [-0.3, -0.25) is 9.80 Å². The molecule has 1 amide bonds. The van der Waals surface area contributed by atoms with Gasteiger partial charge in [0.05, 0.1) is 29.3 Å². The number of piperidine rings is 1. The van der Waals surface area contributed by atoms with E-state index in [0.717, 1.165) is 42.5 Å². The Labute approximate surface area is 199 Å². The first-order valence-electron chi connectivity index (χ1n) is 9.85. The number of halogens is 3. The first kappa shape index (κ1) is 22.4. The average Bonchev–Trinajstić information content (AvgIpc) is 3.09. The lowest BCUT2D eigenvalue weighted by molar-refractivity contribution is -0.000981. The molecule has 4 rings (SSSR count). The standard InChI is InChI=1S/C22H21BrCl2N2O4/c1-30-20(28)15-2-4-16(5-3-15)27-13-22(31-21(27)29)6-8-26(9-7-22)12-14-10-17(23)19(25)18(24)11-14/h2-5,10-11H,6-9,12-13H2,1H3. The highest BCUT2D eigenvalue weighted by atomic mass is 79.9. The molecular formula is C22H21BrCl2N2O4. The number of ether oxygens (including phenoxy) is 2. The van der Waals surface area contributed by atoms with Crippen LogP contribution in [0.5, 0.6) is 0 Å². The number of anilines is 1. The molecule has 0 radical (unpaired) electrons. The maximum atomic E-state index is 12.6. The van der Waals surface area contributed by atoms with Gasteiger partial charge in [0.1, 0.15) is 5.60 Å². The summed E-state index contributed by atoms with van der Waals surface area (Å²) in [5.74, 6) is -0.409. The lowest BCUT2D eigenvalue weighted by atomic mass is 9.91. The Balaban J connectivity index is 1.39. The van der Waals surface area contributed by atoms with Crippen LogP contribution in [0.15, 0.2) is 40.9 Å². The number of carbonyl (C=O) groups excluding carboxylic acids is 2. The second-order valence-corrected chi connectivity index (χ2v) is 9.46. The zero-order valence-electron chi connectivity index (χ0n) is 16.9. The van der Waals surface area contributed by atoms with Gasteiger partial charge in [0, 0.05) is 42.6 Å². The molecule has 0 aromatic heterocycles. The minimum Gasteiger partial charge on any atom is -0.465 e.